The molecule has 1 aliphatic rings. The number of benzene rings is 1. The van der Waals surface area contributed by atoms with Gasteiger partial charge in [-0.2, -0.15) is 5.26 Å². The number of nitriles is 1. The number of Topliss-reactive ketones (excluding diaryl/α,β-unsaturated/α-hetero) is 1. The molecule has 150 valence electrons. The summed E-state index contributed by atoms with van der Waals surface area (Å²) in [5.74, 6) is 0.0545. The zero-order valence-corrected chi connectivity index (χ0v) is 18.1. The van der Waals surface area contributed by atoms with Crippen molar-refractivity contribution >= 4 is 29.1 Å². The number of hydrogen-bond acceptors (Lipinski definition) is 5. The molecule has 0 unspecified atom stereocenters. The molecule has 6 heteroatoms. The van der Waals surface area contributed by atoms with Crippen molar-refractivity contribution in [2.45, 2.75) is 52.0 Å². The van der Waals surface area contributed by atoms with Gasteiger partial charge in [0, 0.05) is 17.7 Å². The minimum absolute atomic E-state index is 0.0610. The molecule has 0 saturated carbocycles. The van der Waals surface area contributed by atoms with Crippen LogP contribution in [0.4, 0.5) is 5.69 Å². The number of nitrogens with one attached hydrogen (secondary N) is 1. The van der Waals surface area contributed by atoms with Crippen molar-refractivity contribution in [2.75, 3.05) is 11.1 Å². The predicted molar refractivity (Wildman–Crippen MR) is 115 cm³/mol. The fourth-order valence-corrected chi connectivity index (χ4v) is 4.61. The number of pyridine rings is 1. The van der Waals surface area contributed by atoms with Gasteiger partial charge in [0.25, 0.3) is 0 Å². The number of amides is 1. The Balaban J connectivity index is 1.86. The van der Waals surface area contributed by atoms with E-state index in [4.69, 9.17) is 0 Å². The van der Waals surface area contributed by atoms with Crippen molar-refractivity contribution in [3.63, 3.8) is 0 Å². The number of ketones is 1. The summed E-state index contributed by atoms with van der Waals surface area (Å²) >= 11 is 1.25. The summed E-state index contributed by atoms with van der Waals surface area (Å²) in [5.41, 5.74) is 4.23. The number of aromatic nitrogens is 1. The van der Waals surface area contributed by atoms with Gasteiger partial charge in [-0.25, -0.2) is 4.98 Å². The maximum Gasteiger partial charge on any atom is 0.234 e. The van der Waals surface area contributed by atoms with Gasteiger partial charge in [0.2, 0.25) is 5.91 Å². The number of anilines is 1. The highest BCUT2D eigenvalue weighted by Gasteiger charge is 2.35. The van der Waals surface area contributed by atoms with E-state index in [1.54, 1.807) is 0 Å². The van der Waals surface area contributed by atoms with Crippen LogP contribution in [0.1, 0.15) is 59.9 Å². The van der Waals surface area contributed by atoms with E-state index in [0.717, 1.165) is 22.5 Å². The van der Waals surface area contributed by atoms with Gasteiger partial charge in [0.1, 0.15) is 11.1 Å². The number of hydrogen-bond donors (Lipinski definition) is 1. The Morgan fingerprint density at radius 1 is 1.34 bits per heavy atom. The van der Waals surface area contributed by atoms with E-state index in [1.165, 1.54) is 11.8 Å². The van der Waals surface area contributed by atoms with Crippen LogP contribution in [0.3, 0.4) is 0 Å². The van der Waals surface area contributed by atoms with E-state index in [9.17, 15) is 14.9 Å². The molecule has 1 aromatic carbocycles. The Morgan fingerprint density at radius 2 is 2.10 bits per heavy atom. The van der Waals surface area contributed by atoms with Crippen LogP contribution in [0, 0.1) is 23.7 Å². The summed E-state index contributed by atoms with van der Waals surface area (Å²) in [7, 11) is 0. The zero-order chi connectivity index (χ0) is 21.2. The van der Waals surface area contributed by atoms with Crippen LogP contribution in [0.2, 0.25) is 0 Å². The molecule has 0 bridgehead atoms. The summed E-state index contributed by atoms with van der Waals surface area (Å²) in [6.45, 7) is 8.03. The van der Waals surface area contributed by atoms with E-state index < -0.39 is 0 Å². The molecular weight excluding hydrogens is 382 g/mol. The minimum atomic E-state index is -0.154. The van der Waals surface area contributed by atoms with Crippen LogP contribution in [0.15, 0.2) is 29.3 Å². The summed E-state index contributed by atoms with van der Waals surface area (Å²) in [6, 6.07) is 9.83. The second-order valence-electron chi connectivity index (χ2n) is 8.20. The molecule has 0 radical (unpaired) electrons. The van der Waals surface area contributed by atoms with Crippen molar-refractivity contribution in [1.82, 2.24) is 4.98 Å². The third-order valence-corrected chi connectivity index (χ3v) is 5.99. The maximum atomic E-state index is 12.7. The summed E-state index contributed by atoms with van der Waals surface area (Å²) in [4.78, 5) is 29.8. The highest BCUT2D eigenvalue weighted by molar-refractivity contribution is 8.00. The SMILES string of the molecule is CCc1c(C#N)c(SCC(=O)Nc2cccc(C)c2)nc2c1C(=O)CC(C)(C)C2. The number of rotatable bonds is 5. The van der Waals surface area contributed by atoms with E-state index in [-0.39, 0.29) is 22.9 Å². The van der Waals surface area contributed by atoms with E-state index >= 15 is 0 Å². The van der Waals surface area contributed by atoms with Gasteiger partial charge in [-0.3, -0.25) is 9.59 Å². The van der Waals surface area contributed by atoms with Gasteiger partial charge in [-0.05, 0) is 48.4 Å². The fourth-order valence-electron chi connectivity index (χ4n) is 3.79. The van der Waals surface area contributed by atoms with Crippen molar-refractivity contribution in [3.05, 3.63) is 52.2 Å². The average Bonchev–Trinajstić information content (AvgIpc) is 2.64. The molecule has 2 aromatic rings. The molecular formula is C23H25N3O2S. The van der Waals surface area contributed by atoms with Crippen molar-refractivity contribution in [3.8, 4) is 6.07 Å². The lowest BCUT2D eigenvalue weighted by Gasteiger charge is -2.31. The first-order valence-electron chi connectivity index (χ1n) is 9.72. The molecule has 0 spiro atoms. The normalized spacial score (nSPS) is 14.8. The maximum absolute atomic E-state index is 12.7. The van der Waals surface area contributed by atoms with E-state index in [2.05, 4.69) is 30.2 Å². The monoisotopic (exact) mass is 407 g/mol. The number of carbonyl (C=O) groups is 2. The molecule has 1 aromatic heterocycles. The molecule has 1 amide bonds. The van der Waals surface area contributed by atoms with E-state index in [0.29, 0.717) is 35.4 Å². The van der Waals surface area contributed by atoms with Crippen LogP contribution in [0.5, 0.6) is 0 Å². The van der Waals surface area contributed by atoms with Crippen molar-refractivity contribution in [1.29, 1.82) is 5.26 Å². The molecule has 0 aliphatic heterocycles. The van der Waals surface area contributed by atoms with Gasteiger partial charge >= 0.3 is 0 Å². The van der Waals surface area contributed by atoms with Gasteiger partial charge in [-0.1, -0.05) is 44.7 Å². The van der Waals surface area contributed by atoms with Crippen LogP contribution < -0.4 is 5.32 Å². The highest BCUT2D eigenvalue weighted by Crippen LogP contribution is 2.38. The molecule has 29 heavy (non-hydrogen) atoms. The number of nitrogens with zero attached hydrogens (tertiary/aromatic N) is 2. The minimum Gasteiger partial charge on any atom is -0.325 e. The van der Waals surface area contributed by atoms with Crippen LogP contribution >= 0.6 is 11.8 Å². The molecule has 0 fully saturated rings. The summed E-state index contributed by atoms with van der Waals surface area (Å²) in [6.07, 6.45) is 1.74. The second kappa shape index (κ2) is 8.38. The third kappa shape index (κ3) is 4.68. The van der Waals surface area contributed by atoms with Crippen LogP contribution in [-0.2, 0) is 17.6 Å². The highest BCUT2D eigenvalue weighted by atomic mass is 32.2. The topological polar surface area (TPSA) is 82.8 Å². The Labute approximate surface area is 175 Å². The van der Waals surface area contributed by atoms with E-state index in [1.807, 2.05) is 38.1 Å². The van der Waals surface area contributed by atoms with Crippen molar-refractivity contribution < 1.29 is 9.59 Å². The Morgan fingerprint density at radius 3 is 2.76 bits per heavy atom. The number of carbonyl (C=O) groups excluding carboxylic acids is 2. The standard InChI is InChI=1S/C23H25N3O2S/c1-5-16-17(12-24)22(26-18-10-23(3,4)11-19(27)21(16)18)29-13-20(28)25-15-8-6-7-14(2)9-15/h6-9H,5,10-11,13H2,1-4H3,(H,25,28). The number of aryl methyl sites for hydroxylation is 1. The zero-order valence-electron chi connectivity index (χ0n) is 17.3. The molecule has 1 N–H and O–H groups in total. The first-order chi connectivity index (χ1) is 13.7. The lowest BCUT2D eigenvalue weighted by molar-refractivity contribution is -0.113. The Hall–Kier alpha value is -2.65. The molecule has 0 atom stereocenters. The largest absolute Gasteiger partial charge is 0.325 e. The molecule has 3 rings (SSSR count). The molecule has 1 aliphatic carbocycles. The van der Waals surface area contributed by atoms with Crippen LogP contribution in [0.25, 0.3) is 0 Å². The Kier molecular flexibility index (Phi) is 6.09. The average molecular weight is 408 g/mol. The van der Waals surface area contributed by atoms with Gasteiger partial charge in [-0.15, -0.1) is 0 Å². The smallest absolute Gasteiger partial charge is 0.234 e. The van der Waals surface area contributed by atoms with Crippen molar-refractivity contribution in [2.24, 2.45) is 5.41 Å². The Bertz CT molecular complexity index is 1020. The molecule has 0 saturated heterocycles. The number of fused-ring (bicyclic) bond motifs is 1. The molecule has 5 nitrogen and oxygen atoms in total. The predicted octanol–water partition coefficient (Wildman–Crippen LogP) is 4.71. The third-order valence-electron chi connectivity index (χ3n) is 5.01. The van der Waals surface area contributed by atoms with Gasteiger partial charge in [0.15, 0.2) is 5.78 Å². The van der Waals surface area contributed by atoms with Gasteiger partial charge in [0.05, 0.1) is 17.0 Å². The number of thioether (sulfide) groups is 1. The summed E-state index contributed by atoms with van der Waals surface area (Å²) in [5, 5.41) is 13.1. The summed E-state index contributed by atoms with van der Waals surface area (Å²) < 4.78 is 0. The molecule has 1 heterocycles. The lowest BCUT2D eigenvalue weighted by atomic mass is 9.74. The van der Waals surface area contributed by atoms with Crippen LogP contribution in [-0.4, -0.2) is 22.4 Å². The lowest BCUT2D eigenvalue weighted by Crippen LogP contribution is -2.29. The fraction of sp³-hybridized carbons (Fsp3) is 0.391. The quantitative estimate of drug-likeness (QED) is 0.726. The van der Waals surface area contributed by atoms with Gasteiger partial charge < -0.3 is 5.32 Å². The first-order valence-corrected chi connectivity index (χ1v) is 10.7. The second-order valence-corrected chi connectivity index (χ2v) is 9.17. The first kappa shape index (κ1) is 21.1.